The van der Waals surface area contributed by atoms with E-state index in [1.807, 2.05) is 18.2 Å². The predicted octanol–water partition coefficient (Wildman–Crippen LogP) is 1.36. The van der Waals surface area contributed by atoms with Crippen LogP contribution >= 0.6 is 0 Å². The third-order valence-corrected chi connectivity index (χ3v) is 3.73. The van der Waals surface area contributed by atoms with Crippen LogP contribution in [0.15, 0.2) is 24.3 Å². The Morgan fingerprint density at radius 3 is 2.69 bits per heavy atom. The van der Waals surface area contributed by atoms with Gasteiger partial charge in [0.1, 0.15) is 6.61 Å². The van der Waals surface area contributed by atoms with Gasteiger partial charge in [-0.05, 0) is 11.6 Å². The van der Waals surface area contributed by atoms with Crippen LogP contribution in [-0.2, 0) is 11.3 Å². The Bertz CT molecular complexity index is 963. The lowest BCUT2D eigenvalue weighted by Gasteiger charge is -2.09. The summed E-state index contributed by atoms with van der Waals surface area (Å²) in [6.07, 6.45) is 0. The van der Waals surface area contributed by atoms with E-state index in [2.05, 4.69) is 21.0 Å². The molecule has 2 aromatic heterocycles. The van der Waals surface area contributed by atoms with Gasteiger partial charge in [-0.2, -0.15) is 20.2 Å². The number of hydrogen-bond donors (Lipinski definition) is 1. The van der Waals surface area contributed by atoms with E-state index in [0.717, 1.165) is 5.56 Å². The fraction of sp³-hybridized carbons (Fsp3) is 0.294. The summed E-state index contributed by atoms with van der Waals surface area (Å²) in [5.41, 5.74) is 8.26. The molecule has 0 aliphatic heterocycles. The van der Waals surface area contributed by atoms with Crippen LogP contribution in [0.1, 0.15) is 11.1 Å². The number of nitriles is 1. The van der Waals surface area contributed by atoms with Gasteiger partial charge in [-0.3, -0.25) is 4.57 Å². The third-order valence-electron chi connectivity index (χ3n) is 3.73. The maximum atomic E-state index is 9.31. The normalized spacial score (nSPS) is 10.7. The highest BCUT2D eigenvalue weighted by molar-refractivity contribution is 5.83. The molecule has 0 spiro atoms. The summed E-state index contributed by atoms with van der Waals surface area (Å²) in [6, 6.07) is 9.93. The molecule has 134 valence electrons. The number of imidazole rings is 1. The Balaban J connectivity index is 2.06. The summed E-state index contributed by atoms with van der Waals surface area (Å²) in [7, 11) is 3.09. The minimum absolute atomic E-state index is 0.129. The molecule has 0 fully saturated rings. The number of anilines is 1. The fourth-order valence-corrected chi connectivity index (χ4v) is 2.50. The highest BCUT2D eigenvalue weighted by Gasteiger charge is 2.19. The van der Waals surface area contributed by atoms with Gasteiger partial charge in [-0.1, -0.05) is 18.2 Å². The Labute approximate surface area is 150 Å². The monoisotopic (exact) mass is 354 g/mol. The van der Waals surface area contributed by atoms with Crippen molar-refractivity contribution in [1.29, 1.82) is 5.26 Å². The minimum Gasteiger partial charge on any atom is -0.468 e. The number of nitrogens with zero attached hydrogens (tertiary/aromatic N) is 5. The highest BCUT2D eigenvalue weighted by atomic mass is 16.5. The van der Waals surface area contributed by atoms with Gasteiger partial charge >= 0.3 is 6.01 Å². The van der Waals surface area contributed by atoms with Crippen LogP contribution in [0.4, 0.5) is 5.82 Å². The Morgan fingerprint density at radius 1 is 1.15 bits per heavy atom. The van der Waals surface area contributed by atoms with E-state index in [1.165, 1.54) is 7.11 Å². The number of hydrogen-bond acceptors (Lipinski definition) is 8. The molecule has 0 unspecified atom stereocenters. The predicted molar refractivity (Wildman–Crippen MR) is 93.9 cm³/mol. The first-order valence-corrected chi connectivity index (χ1v) is 7.85. The molecule has 0 aliphatic rings. The van der Waals surface area contributed by atoms with E-state index in [1.54, 1.807) is 17.7 Å². The van der Waals surface area contributed by atoms with Gasteiger partial charge in [0.25, 0.3) is 6.01 Å². The van der Waals surface area contributed by atoms with Crippen molar-refractivity contribution < 1.29 is 14.2 Å². The summed E-state index contributed by atoms with van der Waals surface area (Å²) < 4.78 is 17.5. The molecule has 0 saturated heterocycles. The smallest absolute Gasteiger partial charge is 0.320 e. The lowest BCUT2D eigenvalue weighted by molar-refractivity contribution is 0.141. The number of ether oxygens (including phenoxy) is 3. The topological polar surface area (TPSA) is 121 Å². The first kappa shape index (κ1) is 17.4. The largest absolute Gasteiger partial charge is 0.468 e. The van der Waals surface area contributed by atoms with Gasteiger partial charge in [-0.25, -0.2) is 0 Å². The van der Waals surface area contributed by atoms with Crippen LogP contribution in [0.25, 0.3) is 11.2 Å². The summed E-state index contributed by atoms with van der Waals surface area (Å²) in [5, 5.41) is 9.31. The lowest BCUT2D eigenvalue weighted by Crippen LogP contribution is -2.09. The highest BCUT2D eigenvalue weighted by Crippen LogP contribution is 2.26. The van der Waals surface area contributed by atoms with E-state index in [0.29, 0.717) is 42.5 Å². The SMILES string of the molecule is COCCOc1nc(N)c2nc(OC)n(Cc3ccccc3C#N)c2n1. The molecule has 0 bridgehead atoms. The van der Waals surface area contributed by atoms with Crippen LogP contribution in [0.3, 0.4) is 0 Å². The number of nitrogen functional groups attached to an aromatic ring is 1. The summed E-state index contributed by atoms with van der Waals surface area (Å²) in [4.78, 5) is 12.9. The van der Waals surface area contributed by atoms with Crippen LogP contribution in [0.5, 0.6) is 12.0 Å². The second-order valence-electron chi connectivity index (χ2n) is 5.36. The van der Waals surface area contributed by atoms with E-state index in [4.69, 9.17) is 19.9 Å². The molecular formula is C17H18N6O3. The van der Waals surface area contributed by atoms with Crippen molar-refractivity contribution in [2.75, 3.05) is 33.2 Å². The number of rotatable bonds is 7. The molecule has 3 rings (SSSR count). The van der Waals surface area contributed by atoms with E-state index >= 15 is 0 Å². The number of benzene rings is 1. The van der Waals surface area contributed by atoms with Crippen molar-refractivity contribution >= 4 is 17.0 Å². The number of nitrogens with two attached hydrogens (primary N) is 1. The van der Waals surface area contributed by atoms with Crippen molar-refractivity contribution in [3.05, 3.63) is 35.4 Å². The molecule has 2 heterocycles. The van der Waals surface area contributed by atoms with Gasteiger partial charge in [0, 0.05) is 7.11 Å². The van der Waals surface area contributed by atoms with Crippen LogP contribution in [-0.4, -0.2) is 47.0 Å². The zero-order valence-electron chi connectivity index (χ0n) is 14.5. The molecule has 0 saturated carbocycles. The minimum atomic E-state index is 0.129. The van der Waals surface area contributed by atoms with E-state index < -0.39 is 0 Å². The Hall–Kier alpha value is -3.38. The van der Waals surface area contributed by atoms with Gasteiger partial charge in [0.05, 0.1) is 31.9 Å². The van der Waals surface area contributed by atoms with Crippen molar-refractivity contribution in [3.8, 4) is 18.1 Å². The maximum absolute atomic E-state index is 9.31. The molecule has 3 aromatic rings. The third kappa shape index (κ3) is 3.36. The molecule has 0 radical (unpaired) electrons. The number of methoxy groups -OCH3 is 2. The molecule has 1 aromatic carbocycles. The van der Waals surface area contributed by atoms with Crippen molar-refractivity contribution in [2.45, 2.75) is 6.54 Å². The Kier molecular flexibility index (Phi) is 5.15. The summed E-state index contributed by atoms with van der Waals surface area (Å²) >= 11 is 0. The molecule has 0 amide bonds. The first-order valence-electron chi connectivity index (χ1n) is 7.85. The summed E-state index contributed by atoms with van der Waals surface area (Å²) in [6.45, 7) is 1.04. The lowest BCUT2D eigenvalue weighted by atomic mass is 10.1. The maximum Gasteiger partial charge on any atom is 0.320 e. The molecule has 9 heteroatoms. The number of fused-ring (bicyclic) bond motifs is 1. The molecule has 0 aliphatic carbocycles. The van der Waals surface area contributed by atoms with E-state index in [9.17, 15) is 5.26 Å². The van der Waals surface area contributed by atoms with Crippen LogP contribution in [0, 0.1) is 11.3 Å². The molecular weight excluding hydrogens is 336 g/mol. The van der Waals surface area contributed by atoms with Gasteiger partial charge in [0.15, 0.2) is 17.0 Å². The van der Waals surface area contributed by atoms with Crippen molar-refractivity contribution in [2.24, 2.45) is 0 Å². The van der Waals surface area contributed by atoms with Gasteiger partial charge < -0.3 is 19.9 Å². The standard InChI is InChI=1S/C17H18N6O3/c1-24-7-8-26-16-21-14(19)13-15(22-16)23(17(20-13)25-2)10-12-6-4-3-5-11(12)9-18/h3-6H,7-8,10H2,1-2H3,(H2,19,21,22). The van der Waals surface area contributed by atoms with Gasteiger partial charge in [-0.15, -0.1) is 0 Å². The fourth-order valence-electron chi connectivity index (χ4n) is 2.50. The number of aromatic nitrogens is 4. The van der Waals surface area contributed by atoms with Crippen LogP contribution < -0.4 is 15.2 Å². The zero-order chi connectivity index (χ0) is 18.5. The first-order chi connectivity index (χ1) is 12.7. The second kappa shape index (κ2) is 7.67. The van der Waals surface area contributed by atoms with Crippen LogP contribution in [0.2, 0.25) is 0 Å². The van der Waals surface area contributed by atoms with E-state index in [-0.39, 0.29) is 11.8 Å². The molecule has 9 nitrogen and oxygen atoms in total. The van der Waals surface area contributed by atoms with Gasteiger partial charge in [0.2, 0.25) is 0 Å². The molecule has 26 heavy (non-hydrogen) atoms. The second-order valence-corrected chi connectivity index (χ2v) is 5.36. The quantitative estimate of drug-likeness (QED) is 0.631. The average molecular weight is 354 g/mol. The molecule has 0 atom stereocenters. The van der Waals surface area contributed by atoms with Crippen molar-refractivity contribution in [1.82, 2.24) is 19.5 Å². The Morgan fingerprint density at radius 2 is 1.96 bits per heavy atom. The zero-order valence-corrected chi connectivity index (χ0v) is 14.5. The average Bonchev–Trinajstić information content (AvgIpc) is 3.01. The summed E-state index contributed by atoms with van der Waals surface area (Å²) in [5.74, 6) is 0.188. The van der Waals surface area contributed by atoms with Crippen molar-refractivity contribution in [3.63, 3.8) is 0 Å². The molecule has 2 N–H and O–H groups in total.